The summed E-state index contributed by atoms with van der Waals surface area (Å²) in [7, 11) is 0. The van der Waals surface area contributed by atoms with Crippen molar-refractivity contribution in [1.29, 1.82) is 0 Å². The Balaban J connectivity index is 2.11. The molecule has 0 fully saturated rings. The summed E-state index contributed by atoms with van der Waals surface area (Å²) < 4.78 is 0.907. The highest BCUT2D eigenvalue weighted by Gasteiger charge is 2.19. The van der Waals surface area contributed by atoms with Crippen molar-refractivity contribution in [3.8, 4) is 0 Å². The third-order valence-corrected chi connectivity index (χ3v) is 6.00. The molecule has 2 aromatic heterocycles. The Kier molecular flexibility index (Phi) is 5.17. The van der Waals surface area contributed by atoms with Gasteiger partial charge in [-0.05, 0) is 26.5 Å². The number of amides is 1. The van der Waals surface area contributed by atoms with E-state index in [9.17, 15) is 4.79 Å². The average Bonchev–Trinajstić information content (AvgIpc) is 3.03. The second-order valence-electron chi connectivity index (χ2n) is 4.33. The molecular formula is C13H17N3OS3. The van der Waals surface area contributed by atoms with E-state index in [1.807, 2.05) is 20.1 Å². The Morgan fingerprint density at radius 1 is 1.45 bits per heavy atom. The second-order valence-corrected chi connectivity index (χ2v) is 7.48. The molecule has 0 aliphatic heterocycles. The van der Waals surface area contributed by atoms with E-state index in [1.165, 1.54) is 16.2 Å². The maximum atomic E-state index is 12.2. The summed E-state index contributed by atoms with van der Waals surface area (Å²) in [5.74, 6) is -0.126. The average molecular weight is 328 g/mol. The molecule has 4 nitrogen and oxygen atoms in total. The van der Waals surface area contributed by atoms with Crippen LogP contribution >= 0.6 is 34.4 Å². The van der Waals surface area contributed by atoms with Crippen LogP contribution in [0.3, 0.4) is 0 Å². The first-order valence-corrected chi connectivity index (χ1v) is 9.21. The third-order valence-electron chi connectivity index (χ3n) is 2.95. The van der Waals surface area contributed by atoms with Crippen molar-refractivity contribution in [2.75, 3.05) is 6.26 Å². The standard InChI is InChI=1S/C13H17N3OS3/c1-5-9(12-14-7(2)8(3)20-12)15-11(17)10-6-19-13(16-10)18-4/h6,9H,5H2,1-4H3,(H,15,17). The van der Waals surface area contributed by atoms with E-state index < -0.39 is 0 Å². The molecule has 1 unspecified atom stereocenters. The molecule has 0 saturated heterocycles. The Morgan fingerprint density at radius 3 is 2.70 bits per heavy atom. The van der Waals surface area contributed by atoms with Gasteiger partial charge < -0.3 is 5.32 Å². The summed E-state index contributed by atoms with van der Waals surface area (Å²) in [5, 5.41) is 5.79. The first-order valence-electron chi connectivity index (χ1n) is 6.29. The zero-order valence-corrected chi connectivity index (χ0v) is 14.3. The quantitative estimate of drug-likeness (QED) is 0.848. The van der Waals surface area contributed by atoms with Gasteiger partial charge in [0.25, 0.3) is 5.91 Å². The molecule has 0 bridgehead atoms. The molecule has 0 radical (unpaired) electrons. The van der Waals surface area contributed by atoms with Crippen LogP contribution in [0.1, 0.15) is 45.5 Å². The predicted molar refractivity (Wildman–Crippen MR) is 86.0 cm³/mol. The molecule has 0 aromatic carbocycles. The molecule has 108 valence electrons. The van der Waals surface area contributed by atoms with Crippen molar-refractivity contribution in [2.45, 2.75) is 37.6 Å². The summed E-state index contributed by atoms with van der Waals surface area (Å²) in [6.45, 7) is 6.09. The highest BCUT2D eigenvalue weighted by atomic mass is 32.2. The van der Waals surface area contributed by atoms with Gasteiger partial charge in [0.15, 0.2) is 0 Å². The fraction of sp³-hybridized carbons (Fsp3) is 0.462. The van der Waals surface area contributed by atoms with E-state index in [4.69, 9.17) is 0 Å². The number of carbonyl (C=O) groups is 1. The monoisotopic (exact) mass is 327 g/mol. The number of hydrogen-bond donors (Lipinski definition) is 1. The highest BCUT2D eigenvalue weighted by molar-refractivity contribution is 8.00. The van der Waals surface area contributed by atoms with Crippen molar-refractivity contribution in [3.63, 3.8) is 0 Å². The normalized spacial score (nSPS) is 12.4. The van der Waals surface area contributed by atoms with Crippen molar-refractivity contribution in [3.05, 3.63) is 26.7 Å². The van der Waals surface area contributed by atoms with Crippen LogP contribution in [0.4, 0.5) is 0 Å². The Morgan fingerprint density at radius 2 is 2.20 bits per heavy atom. The molecule has 0 aliphatic rings. The summed E-state index contributed by atoms with van der Waals surface area (Å²) in [4.78, 5) is 22.2. The van der Waals surface area contributed by atoms with E-state index in [0.717, 1.165) is 21.5 Å². The Labute approximate surface area is 131 Å². The van der Waals surface area contributed by atoms with Gasteiger partial charge in [-0.3, -0.25) is 4.79 Å². The molecule has 2 aromatic rings. The van der Waals surface area contributed by atoms with E-state index in [0.29, 0.717) is 5.69 Å². The van der Waals surface area contributed by atoms with Crippen LogP contribution in [-0.2, 0) is 0 Å². The van der Waals surface area contributed by atoms with Crippen LogP contribution in [0.2, 0.25) is 0 Å². The molecule has 20 heavy (non-hydrogen) atoms. The third kappa shape index (κ3) is 3.39. The zero-order chi connectivity index (χ0) is 14.7. The number of thiazole rings is 2. The second kappa shape index (κ2) is 6.69. The van der Waals surface area contributed by atoms with Crippen LogP contribution in [-0.4, -0.2) is 22.1 Å². The number of nitrogens with one attached hydrogen (secondary N) is 1. The number of aromatic nitrogens is 2. The lowest BCUT2D eigenvalue weighted by Crippen LogP contribution is -2.28. The summed E-state index contributed by atoms with van der Waals surface area (Å²) in [5.41, 5.74) is 1.53. The van der Waals surface area contributed by atoms with Gasteiger partial charge in [-0.25, -0.2) is 9.97 Å². The maximum absolute atomic E-state index is 12.2. The smallest absolute Gasteiger partial charge is 0.271 e. The minimum Gasteiger partial charge on any atom is -0.341 e. The minimum atomic E-state index is -0.126. The zero-order valence-electron chi connectivity index (χ0n) is 11.9. The topological polar surface area (TPSA) is 54.9 Å². The molecule has 2 rings (SSSR count). The van der Waals surface area contributed by atoms with Crippen LogP contribution in [0.15, 0.2) is 9.72 Å². The number of hydrogen-bond acceptors (Lipinski definition) is 6. The first kappa shape index (κ1) is 15.5. The van der Waals surface area contributed by atoms with E-state index in [2.05, 4.69) is 22.2 Å². The molecule has 1 amide bonds. The van der Waals surface area contributed by atoms with Crippen LogP contribution in [0.25, 0.3) is 0 Å². The van der Waals surface area contributed by atoms with E-state index in [-0.39, 0.29) is 11.9 Å². The number of thioether (sulfide) groups is 1. The molecular weight excluding hydrogens is 310 g/mol. The number of rotatable bonds is 5. The van der Waals surface area contributed by atoms with Crippen molar-refractivity contribution >= 4 is 40.3 Å². The maximum Gasteiger partial charge on any atom is 0.271 e. The molecule has 2 heterocycles. The van der Waals surface area contributed by atoms with Crippen molar-refractivity contribution < 1.29 is 4.79 Å². The largest absolute Gasteiger partial charge is 0.341 e. The Hall–Kier alpha value is -0.920. The van der Waals surface area contributed by atoms with Gasteiger partial charge in [0.05, 0.1) is 11.7 Å². The van der Waals surface area contributed by atoms with Crippen molar-refractivity contribution in [1.82, 2.24) is 15.3 Å². The van der Waals surface area contributed by atoms with Gasteiger partial charge in [0, 0.05) is 10.3 Å². The van der Waals surface area contributed by atoms with Gasteiger partial charge >= 0.3 is 0 Å². The van der Waals surface area contributed by atoms with Gasteiger partial charge in [-0.2, -0.15) is 0 Å². The number of nitrogens with zero attached hydrogens (tertiary/aromatic N) is 2. The number of aryl methyl sites for hydroxylation is 2. The van der Waals surface area contributed by atoms with Crippen LogP contribution in [0.5, 0.6) is 0 Å². The lowest BCUT2D eigenvalue weighted by atomic mass is 10.2. The van der Waals surface area contributed by atoms with Gasteiger partial charge in [-0.1, -0.05) is 18.7 Å². The Bertz CT molecular complexity index is 586. The summed E-state index contributed by atoms with van der Waals surface area (Å²) >= 11 is 4.69. The first-order chi connectivity index (χ1) is 9.55. The van der Waals surface area contributed by atoms with E-state index >= 15 is 0 Å². The lowest BCUT2D eigenvalue weighted by Gasteiger charge is -2.13. The summed E-state index contributed by atoms with van der Waals surface area (Å²) in [6, 6.07) is -0.0423. The predicted octanol–water partition coefficient (Wildman–Crippen LogP) is 3.82. The van der Waals surface area contributed by atoms with Crippen LogP contribution in [0, 0.1) is 13.8 Å². The molecule has 1 atom stereocenters. The van der Waals surface area contributed by atoms with Crippen molar-refractivity contribution in [2.24, 2.45) is 0 Å². The minimum absolute atomic E-state index is 0.0423. The molecule has 0 saturated carbocycles. The fourth-order valence-corrected chi connectivity index (χ4v) is 3.97. The SMILES string of the molecule is CCC(NC(=O)c1csc(SC)n1)c1nc(C)c(C)s1. The highest BCUT2D eigenvalue weighted by Crippen LogP contribution is 2.26. The van der Waals surface area contributed by atoms with Crippen LogP contribution < -0.4 is 5.32 Å². The molecule has 7 heteroatoms. The number of carbonyl (C=O) groups excluding carboxylic acids is 1. The van der Waals surface area contributed by atoms with Gasteiger partial charge in [-0.15, -0.1) is 22.7 Å². The molecule has 1 N–H and O–H groups in total. The molecule has 0 spiro atoms. The summed E-state index contributed by atoms with van der Waals surface area (Å²) in [6.07, 6.45) is 2.77. The fourth-order valence-electron chi connectivity index (χ4n) is 1.67. The molecule has 0 aliphatic carbocycles. The van der Waals surface area contributed by atoms with Gasteiger partial charge in [0.2, 0.25) is 0 Å². The lowest BCUT2D eigenvalue weighted by molar-refractivity contribution is 0.0930. The van der Waals surface area contributed by atoms with Gasteiger partial charge in [0.1, 0.15) is 15.0 Å². The van der Waals surface area contributed by atoms with E-state index in [1.54, 1.807) is 28.5 Å².